The molecule has 0 fully saturated rings. The van der Waals surface area contributed by atoms with Crippen LogP contribution in [0.3, 0.4) is 0 Å². The second-order valence-electron chi connectivity index (χ2n) is 4.45. The summed E-state index contributed by atoms with van der Waals surface area (Å²) in [5.74, 6) is 1.70. The van der Waals surface area contributed by atoms with E-state index in [-0.39, 0.29) is 0 Å². The fraction of sp³-hybridized carbons (Fsp3) is 1.00. The van der Waals surface area contributed by atoms with E-state index in [2.05, 4.69) is 39.9 Å². The summed E-state index contributed by atoms with van der Waals surface area (Å²) in [5, 5.41) is 3.49. The minimum atomic E-state index is 0.671. The van der Waals surface area contributed by atoms with Gasteiger partial charge in [-0.05, 0) is 31.7 Å². The Morgan fingerprint density at radius 2 is 1.69 bits per heavy atom. The van der Waals surface area contributed by atoms with Gasteiger partial charge in [0.2, 0.25) is 0 Å². The van der Waals surface area contributed by atoms with Gasteiger partial charge in [-0.25, -0.2) is 0 Å². The molecule has 13 heavy (non-hydrogen) atoms. The average molecular weight is 185 g/mol. The Bertz CT molecular complexity index is 112. The van der Waals surface area contributed by atoms with Crippen molar-refractivity contribution in [3.8, 4) is 0 Å². The van der Waals surface area contributed by atoms with Crippen LogP contribution < -0.4 is 5.32 Å². The highest BCUT2D eigenvalue weighted by Gasteiger charge is 2.13. The lowest BCUT2D eigenvalue weighted by atomic mass is 9.89. The second-order valence-corrected chi connectivity index (χ2v) is 4.45. The molecule has 0 radical (unpaired) electrons. The standard InChI is InChI=1S/C12H27N/c1-6-8-10(3)9-11(4)12(5)13-7-2/h10-13H,6-9H2,1-5H3. The van der Waals surface area contributed by atoms with Crippen molar-refractivity contribution in [2.24, 2.45) is 11.8 Å². The zero-order valence-electron chi connectivity index (χ0n) is 10.1. The number of hydrogen-bond donors (Lipinski definition) is 1. The Kier molecular flexibility index (Phi) is 7.35. The van der Waals surface area contributed by atoms with Crippen LogP contribution in [0.2, 0.25) is 0 Å². The summed E-state index contributed by atoms with van der Waals surface area (Å²) in [7, 11) is 0. The van der Waals surface area contributed by atoms with Crippen LogP contribution in [-0.4, -0.2) is 12.6 Å². The summed E-state index contributed by atoms with van der Waals surface area (Å²) in [6.45, 7) is 12.6. The largest absolute Gasteiger partial charge is 0.314 e. The molecule has 0 bridgehead atoms. The van der Waals surface area contributed by atoms with E-state index in [1.54, 1.807) is 0 Å². The van der Waals surface area contributed by atoms with Crippen LogP contribution in [0, 0.1) is 11.8 Å². The minimum absolute atomic E-state index is 0.671. The fourth-order valence-electron chi connectivity index (χ4n) is 1.97. The van der Waals surface area contributed by atoms with Gasteiger partial charge in [-0.2, -0.15) is 0 Å². The van der Waals surface area contributed by atoms with Crippen LogP contribution in [-0.2, 0) is 0 Å². The van der Waals surface area contributed by atoms with Gasteiger partial charge in [0, 0.05) is 6.04 Å². The van der Waals surface area contributed by atoms with Gasteiger partial charge in [0.25, 0.3) is 0 Å². The molecule has 0 saturated heterocycles. The molecule has 0 aliphatic carbocycles. The van der Waals surface area contributed by atoms with Crippen molar-refractivity contribution >= 4 is 0 Å². The SMILES string of the molecule is CCCC(C)CC(C)C(C)NCC. The van der Waals surface area contributed by atoms with E-state index in [0.29, 0.717) is 6.04 Å². The Hall–Kier alpha value is -0.0400. The monoisotopic (exact) mass is 185 g/mol. The molecule has 80 valence electrons. The molecular formula is C12H27N. The molecule has 0 spiro atoms. The predicted octanol–water partition coefficient (Wildman–Crippen LogP) is 3.45. The molecule has 3 atom stereocenters. The van der Waals surface area contributed by atoms with Gasteiger partial charge in [-0.1, -0.05) is 40.5 Å². The topological polar surface area (TPSA) is 12.0 Å². The molecule has 1 nitrogen and oxygen atoms in total. The van der Waals surface area contributed by atoms with Gasteiger partial charge >= 0.3 is 0 Å². The summed E-state index contributed by atoms with van der Waals surface area (Å²) in [5.41, 5.74) is 0. The summed E-state index contributed by atoms with van der Waals surface area (Å²) in [6, 6.07) is 0.671. The number of hydrogen-bond acceptors (Lipinski definition) is 1. The van der Waals surface area contributed by atoms with Gasteiger partial charge in [0.15, 0.2) is 0 Å². The first-order chi connectivity index (χ1) is 6.11. The van der Waals surface area contributed by atoms with Crippen LogP contribution in [0.1, 0.15) is 53.9 Å². The molecule has 1 N–H and O–H groups in total. The quantitative estimate of drug-likeness (QED) is 0.640. The van der Waals surface area contributed by atoms with Crippen LogP contribution in [0.4, 0.5) is 0 Å². The molecular weight excluding hydrogens is 158 g/mol. The van der Waals surface area contributed by atoms with Crippen LogP contribution in [0.5, 0.6) is 0 Å². The third-order valence-corrected chi connectivity index (χ3v) is 2.94. The highest BCUT2D eigenvalue weighted by Crippen LogP contribution is 2.18. The van der Waals surface area contributed by atoms with E-state index < -0.39 is 0 Å². The second kappa shape index (κ2) is 7.37. The first-order valence-corrected chi connectivity index (χ1v) is 5.85. The van der Waals surface area contributed by atoms with E-state index in [0.717, 1.165) is 18.4 Å². The number of nitrogens with one attached hydrogen (secondary N) is 1. The molecule has 0 aromatic heterocycles. The van der Waals surface area contributed by atoms with Crippen LogP contribution in [0.25, 0.3) is 0 Å². The maximum absolute atomic E-state index is 3.49. The third kappa shape index (κ3) is 6.09. The molecule has 0 amide bonds. The highest BCUT2D eigenvalue weighted by atomic mass is 14.9. The van der Waals surface area contributed by atoms with Crippen molar-refractivity contribution in [1.29, 1.82) is 0 Å². The van der Waals surface area contributed by atoms with Gasteiger partial charge in [0.05, 0.1) is 0 Å². The Balaban J connectivity index is 3.64. The van der Waals surface area contributed by atoms with Crippen molar-refractivity contribution in [3.63, 3.8) is 0 Å². The molecule has 0 saturated carbocycles. The van der Waals surface area contributed by atoms with Crippen molar-refractivity contribution in [2.45, 2.75) is 59.9 Å². The van der Waals surface area contributed by atoms with E-state index in [9.17, 15) is 0 Å². The Labute approximate surface area is 84.3 Å². The lowest BCUT2D eigenvalue weighted by Gasteiger charge is -2.23. The molecule has 0 aromatic rings. The molecule has 0 aliphatic heterocycles. The normalized spacial score (nSPS) is 18.2. The van der Waals surface area contributed by atoms with Crippen LogP contribution in [0.15, 0.2) is 0 Å². The van der Waals surface area contributed by atoms with Gasteiger partial charge in [-0.15, -0.1) is 0 Å². The third-order valence-electron chi connectivity index (χ3n) is 2.94. The van der Waals surface area contributed by atoms with E-state index >= 15 is 0 Å². The Morgan fingerprint density at radius 3 is 2.15 bits per heavy atom. The smallest absolute Gasteiger partial charge is 0.00643 e. The first-order valence-electron chi connectivity index (χ1n) is 5.85. The summed E-state index contributed by atoms with van der Waals surface area (Å²) in [6.07, 6.45) is 4.06. The lowest BCUT2D eigenvalue weighted by molar-refractivity contribution is 0.322. The van der Waals surface area contributed by atoms with Crippen molar-refractivity contribution in [3.05, 3.63) is 0 Å². The van der Waals surface area contributed by atoms with E-state index in [1.165, 1.54) is 19.3 Å². The minimum Gasteiger partial charge on any atom is -0.314 e. The van der Waals surface area contributed by atoms with Crippen molar-refractivity contribution in [1.82, 2.24) is 5.32 Å². The molecule has 3 unspecified atom stereocenters. The molecule has 0 heterocycles. The van der Waals surface area contributed by atoms with Crippen molar-refractivity contribution in [2.75, 3.05) is 6.54 Å². The zero-order chi connectivity index (χ0) is 10.3. The van der Waals surface area contributed by atoms with E-state index in [4.69, 9.17) is 0 Å². The van der Waals surface area contributed by atoms with Gasteiger partial charge < -0.3 is 5.32 Å². The zero-order valence-corrected chi connectivity index (χ0v) is 10.1. The molecule has 0 rings (SSSR count). The maximum atomic E-state index is 3.49. The maximum Gasteiger partial charge on any atom is 0.00643 e. The first kappa shape index (κ1) is 13.0. The Morgan fingerprint density at radius 1 is 1.08 bits per heavy atom. The summed E-state index contributed by atoms with van der Waals surface area (Å²) >= 11 is 0. The number of rotatable bonds is 7. The average Bonchev–Trinajstić information content (AvgIpc) is 2.05. The van der Waals surface area contributed by atoms with Gasteiger partial charge in [0.1, 0.15) is 0 Å². The fourth-order valence-corrected chi connectivity index (χ4v) is 1.97. The molecule has 1 heteroatoms. The van der Waals surface area contributed by atoms with Crippen molar-refractivity contribution < 1.29 is 0 Å². The van der Waals surface area contributed by atoms with Gasteiger partial charge in [-0.3, -0.25) is 0 Å². The predicted molar refractivity (Wildman–Crippen MR) is 61.0 cm³/mol. The van der Waals surface area contributed by atoms with E-state index in [1.807, 2.05) is 0 Å². The highest BCUT2D eigenvalue weighted by molar-refractivity contribution is 4.69. The summed E-state index contributed by atoms with van der Waals surface area (Å²) in [4.78, 5) is 0. The molecule has 0 aliphatic rings. The summed E-state index contributed by atoms with van der Waals surface area (Å²) < 4.78 is 0. The molecule has 0 aromatic carbocycles. The van der Waals surface area contributed by atoms with Crippen LogP contribution >= 0.6 is 0 Å². The lowest BCUT2D eigenvalue weighted by Crippen LogP contribution is -2.32.